The Bertz CT molecular complexity index is 580. The number of benzene rings is 1. The van der Waals surface area contributed by atoms with Crippen LogP contribution in [0.1, 0.15) is 0 Å². The average Bonchev–Trinajstić information content (AvgIpc) is 2.53. The molecular formula is C15H18N2O5. The molecule has 1 atom stereocenters. The van der Waals surface area contributed by atoms with Gasteiger partial charge in [-0.15, -0.1) is 0 Å². The molecule has 1 aromatic carbocycles. The third kappa shape index (κ3) is 4.12. The van der Waals surface area contributed by atoms with Gasteiger partial charge in [0, 0.05) is 7.11 Å². The van der Waals surface area contributed by atoms with E-state index >= 15 is 0 Å². The van der Waals surface area contributed by atoms with Crippen LogP contribution in [0.4, 0.5) is 5.69 Å². The Morgan fingerprint density at radius 3 is 2.55 bits per heavy atom. The van der Waals surface area contributed by atoms with Gasteiger partial charge in [-0.1, -0.05) is 0 Å². The molecule has 1 unspecified atom stereocenters. The molecular weight excluding hydrogens is 288 g/mol. The lowest BCUT2D eigenvalue weighted by molar-refractivity contribution is -0.135. The van der Waals surface area contributed by atoms with Gasteiger partial charge in [0.25, 0.3) is 0 Å². The molecule has 1 saturated heterocycles. The molecule has 1 fully saturated rings. The number of carbonyl (C=O) groups is 1. The highest BCUT2D eigenvalue weighted by molar-refractivity contribution is 6.13. The Kier molecular flexibility index (Phi) is 5.62. The van der Waals surface area contributed by atoms with Gasteiger partial charge in [-0.2, -0.15) is 0 Å². The molecule has 0 bridgehead atoms. The second kappa shape index (κ2) is 7.67. The Morgan fingerprint density at radius 1 is 1.27 bits per heavy atom. The first-order valence-corrected chi connectivity index (χ1v) is 6.71. The molecule has 1 aliphatic heterocycles. The van der Waals surface area contributed by atoms with E-state index in [-0.39, 0.29) is 13.2 Å². The van der Waals surface area contributed by atoms with Gasteiger partial charge in [0.05, 0.1) is 37.4 Å². The van der Waals surface area contributed by atoms with Crippen LogP contribution in [0.25, 0.3) is 0 Å². The first-order chi connectivity index (χ1) is 10.6. The van der Waals surface area contributed by atoms with Crippen molar-refractivity contribution < 1.29 is 24.1 Å². The minimum Gasteiger partial charge on any atom is -0.497 e. The van der Waals surface area contributed by atoms with Gasteiger partial charge in [0.15, 0.2) is 0 Å². The third-order valence-electron chi connectivity index (χ3n) is 3.10. The van der Waals surface area contributed by atoms with Crippen molar-refractivity contribution in [2.75, 3.05) is 34.0 Å². The molecule has 1 N–H and O–H groups in total. The lowest BCUT2D eigenvalue weighted by Gasteiger charge is -2.25. The number of aliphatic imine (C=N–C) groups is 2. The maximum Gasteiger partial charge on any atom is 0.325 e. The number of carboxylic acids is 1. The summed E-state index contributed by atoms with van der Waals surface area (Å²) in [6, 6.07) is 7.26. The van der Waals surface area contributed by atoms with Crippen LogP contribution in [0.2, 0.25) is 0 Å². The van der Waals surface area contributed by atoms with E-state index in [1.54, 1.807) is 7.11 Å². The Balaban J connectivity index is 2.21. The second-order valence-electron chi connectivity index (χ2n) is 4.61. The zero-order valence-corrected chi connectivity index (χ0v) is 12.5. The first-order valence-electron chi connectivity index (χ1n) is 6.71. The van der Waals surface area contributed by atoms with Crippen molar-refractivity contribution >= 4 is 23.1 Å². The zero-order valence-electron chi connectivity index (χ0n) is 12.5. The fraction of sp³-hybridized carbons (Fsp3) is 0.400. The molecule has 7 nitrogen and oxygen atoms in total. The van der Waals surface area contributed by atoms with Crippen LogP contribution in [0, 0.1) is 0 Å². The fourth-order valence-electron chi connectivity index (χ4n) is 2.09. The van der Waals surface area contributed by atoms with Gasteiger partial charge in [-0.3, -0.25) is 14.8 Å². The third-order valence-corrected chi connectivity index (χ3v) is 3.10. The molecule has 0 aromatic heterocycles. The summed E-state index contributed by atoms with van der Waals surface area (Å²) in [5.74, 6) is -0.252. The van der Waals surface area contributed by atoms with Crippen molar-refractivity contribution in [2.24, 2.45) is 9.98 Å². The summed E-state index contributed by atoms with van der Waals surface area (Å²) in [6.07, 6.45) is -0.463. The van der Waals surface area contributed by atoms with Crippen molar-refractivity contribution in [3.63, 3.8) is 0 Å². The summed E-state index contributed by atoms with van der Waals surface area (Å²) in [4.78, 5) is 19.2. The van der Waals surface area contributed by atoms with Gasteiger partial charge in [0.1, 0.15) is 18.4 Å². The highest BCUT2D eigenvalue weighted by atomic mass is 16.5. The van der Waals surface area contributed by atoms with Crippen molar-refractivity contribution in [1.82, 2.24) is 0 Å². The highest BCUT2D eigenvalue weighted by Crippen LogP contribution is 2.19. The summed E-state index contributed by atoms with van der Waals surface area (Å²) < 4.78 is 15.9. The zero-order chi connectivity index (χ0) is 15.9. The van der Waals surface area contributed by atoms with Crippen LogP contribution in [-0.4, -0.2) is 62.6 Å². The number of ether oxygens (including phenoxy) is 3. The normalized spacial score (nSPS) is 22.0. The molecule has 0 spiro atoms. The molecule has 0 amide bonds. The van der Waals surface area contributed by atoms with Crippen molar-refractivity contribution in [3.8, 4) is 5.75 Å². The highest BCUT2D eigenvalue weighted by Gasteiger charge is 2.27. The number of nitrogens with zero attached hydrogens (tertiary/aromatic N) is 2. The summed E-state index contributed by atoms with van der Waals surface area (Å²) in [5.41, 5.74) is 1.92. The molecule has 0 saturated carbocycles. The topological polar surface area (TPSA) is 89.7 Å². The molecule has 0 aliphatic carbocycles. The van der Waals surface area contributed by atoms with Gasteiger partial charge >= 0.3 is 5.97 Å². The summed E-state index contributed by atoms with van der Waals surface area (Å²) in [7, 11) is 3.14. The average molecular weight is 306 g/mol. The number of aliphatic carboxylic acids is 1. The SMILES string of the molecule is COc1ccc(N=C2COCC(=NCC(=O)O)C2OC)cc1. The predicted octanol–water partition coefficient (Wildman–Crippen LogP) is 1.34. The standard InChI is InChI=1S/C15H18N2O5/c1-20-11-5-3-10(4-6-11)17-13-9-22-8-12(15(13)21-2)16-7-14(18)19/h3-6,15H,7-9H2,1-2H3,(H,18,19). The van der Waals surface area contributed by atoms with E-state index < -0.39 is 12.1 Å². The van der Waals surface area contributed by atoms with Gasteiger partial charge < -0.3 is 19.3 Å². The number of carboxylic acid groups (broad SMARTS) is 1. The molecule has 1 aliphatic rings. The van der Waals surface area contributed by atoms with Crippen LogP contribution >= 0.6 is 0 Å². The Labute approximate surface area is 128 Å². The number of hydrogen-bond donors (Lipinski definition) is 1. The quantitative estimate of drug-likeness (QED) is 0.886. The molecule has 1 aromatic rings. The molecule has 2 rings (SSSR count). The summed E-state index contributed by atoms with van der Waals surface area (Å²) in [5, 5.41) is 8.72. The van der Waals surface area contributed by atoms with E-state index in [1.165, 1.54) is 7.11 Å². The minimum atomic E-state index is -0.999. The number of hydrogen-bond acceptors (Lipinski definition) is 6. The Hall–Kier alpha value is -2.25. The smallest absolute Gasteiger partial charge is 0.325 e. The van der Waals surface area contributed by atoms with Crippen LogP contribution in [0.15, 0.2) is 34.3 Å². The van der Waals surface area contributed by atoms with Crippen LogP contribution in [0.5, 0.6) is 5.75 Å². The first kappa shape index (κ1) is 16.1. The number of rotatable bonds is 5. The number of methoxy groups -OCH3 is 2. The second-order valence-corrected chi connectivity index (χ2v) is 4.61. The van der Waals surface area contributed by atoms with Crippen molar-refractivity contribution in [2.45, 2.75) is 6.10 Å². The van der Waals surface area contributed by atoms with Crippen LogP contribution in [0.3, 0.4) is 0 Å². The largest absolute Gasteiger partial charge is 0.497 e. The Morgan fingerprint density at radius 2 is 1.95 bits per heavy atom. The maximum absolute atomic E-state index is 10.6. The maximum atomic E-state index is 10.6. The van der Waals surface area contributed by atoms with E-state index in [4.69, 9.17) is 19.3 Å². The van der Waals surface area contributed by atoms with E-state index in [0.29, 0.717) is 18.0 Å². The van der Waals surface area contributed by atoms with Crippen molar-refractivity contribution in [3.05, 3.63) is 24.3 Å². The molecule has 118 valence electrons. The van der Waals surface area contributed by atoms with E-state index in [9.17, 15) is 4.79 Å². The van der Waals surface area contributed by atoms with Crippen LogP contribution < -0.4 is 4.74 Å². The molecule has 1 heterocycles. The van der Waals surface area contributed by atoms with E-state index in [2.05, 4.69) is 9.98 Å². The molecule has 7 heteroatoms. The lowest BCUT2D eigenvalue weighted by Crippen LogP contribution is -2.43. The van der Waals surface area contributed by atoms with E-state index in [0.717, 1.165) is 11.4 Å². The van der Waals surface area contributed by atoms with Gasteiger partial charge in [-0.05, 0) is 24.3 Å². The monoisotopic (exact) mass is 306 g/mol. The van der Waals surface area contributed by atoms with Crippen molar-refractivity contribution in [1.29, 1.82) is 0 Å². The van der Waals surface area contributed by atoms with Gasteiger partial charge in [0.2, 0.25) is 0 Å². The molecule has 0 radical (unpaired) electrons. The fourth-order valence-corrected chi connectivity index (χ4v) is 2.09. The summed E-state index contributed by atoms with van der Waals surface area (Å²) in [6.45, 7) is 0.248. The lowest BCUT2D eigenvalue weighted by atomic mass is 10.1. The summed E-state index contributed by atoms with van der Waals surface area (Å²) >= 11 is 0. The van der Waals surface area contributed by atoms with Gasteiger partial charge in [-0.25, -0.2) is 0 Å². The van der Waals surface area contributed by atoms with E-state index in [1.807, 2.05) is 24.3 Å². The minimum absolute atomic E-state index is 0.243. The molecule has 22 heavy (non-hydrogen) atoms. The van der Waals surface area contributed by atoms with Crippen LogP contribution in [-0.2, 0) is 14.3 Å². The predicted molar refractivity (Wildman–Crippen MR) is 81.6 cm³/mol.